The predicted molar refractivity (Wildman–Crippen MR) is 91.7 cm³/mol. The largest absolute Gasteiger partial charge is 0.493 e. The molecule has 6 heteroatoms. The topological polar surface area (TPSA) is 50.9 Å². The van der Waals surface area contributed by atoms with Gasteiger partial charge in [-0.2, -0.15) is 11.8 Å². The molecule has 1 saturated heterocycles. The first-order valence-corrected chi connectivity index (χ1v) is 8.71. The summed E-state index contributed by atoms with van der Waals surface area (Å²) in [5.74, 6) is 3.81. The molecule has 1 aromatic rings. The first-order valence-electron chi connectivity index (χ1n) is 7.18. The summed E-state index contributed by atoms with van der Waals surface area (Å²) in [5.41, 5.74) is 7.05. The van der Waals surface area contributed by atoms with Crippen molar-refractivity contribution in [3.8, 4) is 5.75 Å². The monoisotopic (exact) mass is 327 g/mol. The lowest BCUT2D eigenvalue weighted by Gasteiger charge is -2.27. The Morgan fingerprint density at radius 2 is 2.19 bits per heavy atom. The van der Waals surface area contributed by atoms with Crippen molar-refractivity contribution >= 4 is 29.3 Å². The molecule has 4 nitrogen and oxygen atoms in total. The minimum absolute atomic E-state index is 0.634. The van der Waals surface area contributed by atoms with Crippen molar-refractivity contribution in [2.45, 2.75) is 13.3 Å². The van der Waals surface area contributed by atoms with Crippen LogP contribution in [0.2, 0.25) is 5.02 Å². The van der Waals surface area contributed by atoms with Gasteiger partial charge in [-0.1, -0.05) is 11.6 Å². The highest BCUT2D eigenvalue weighted by molar-refractivity contribution is 7.99. The Morgan fingerprint density at radius 3 is 2.90 bits per heavy atom. The number of hydrogen-bond acceptors (Lipinski definition) is 3. The number of rotatable bonds is 5. The van der Waals surface area contributed by atoms with Crippen LogP contribution in [0, 0.1) is 6.92 Å². The fourth-order valence-corrected chi connectivity index (χ4v) is 3.24. The molecule has 0 spiro atoms. The molecule has 0 saturated carbocycles. The molecule has 21 heavy (non-hydrogen) atoms. The highest BCUT2D eigenvalue weighted by atomic mass is 35.5. The van der Waals surface area contributed by atoms with E-state index in [1.165, 1.54) is 0 Å². The molecule has 0 atom stereocenters. The van der Waals surface area contributed by atoms with E-state index in [1.807, 2.05) is 36.9 Å². The van der Waals surface area contributed by atoms with E-state index in [0.29, 0.717) is 19.1 Å². The van der Waals surface area contributed by atoms with Crippen LogP contribution in [0.5, 0.6) is 5.75 Å². The molecule has 0 aromatic heterocycles. The zero-order valence-corrected chi connectivity index (χ0v) is 13.9. The molecule has 0 aliphatic carbocycles. The van der Waals surface area contributed by atoms with Crippen LogP contribution in [-0.2, 0) is 0 Å². The van der Waals surface area contributed by atoms with Gasteiger partial charge in [0.25, 0.3) is 0 Å². The fraction of sp³-hybridized carbons (Fsp3) is 0.533. The molecule has 0 unspecified atom stereocenters. The summed E-state index contributed by atoms with van der Waals surface area (Å²) < 4.78 is 5.73. The first kappa shape index (κ1) is 16.3. The molecule has 0 radical (unpaired) electrons. The van der Waals surface area contributed by atoms with E-state index in [4.69, 9.17) is 22.1 Å². The van der Waals surface area contributed by atoms with Crippen LogP contribution in [0.15, 0.2) is 23.2 Å². The van der Waals surface area contributed by atoms with Crippen molar-refractivity contribution in [1.82, 2.24) is 4.90 Å². The summed E-state index contributed by atoms with van der Waals surface area (Å²) in [6.45, 7) is 5.32. The number of ether oxygens (including phenoxy) is 1. The minimum atomic E-state index is 0.634. The van der Waals surface area contributed by atoms with Crippen LogP contribution in [0.25, 0.3) is 0 Å². The molecule has 2 N–H and O–H groups in total. The molecule has 1 fully saturated rings. The van der Waals surface area contributed by atoms with Crippen molar-refractivity contribution in [2.24, 2.45) is 10.7 Å². The first-order chi connectivity index (χ1) is 10.2. The zero-order chi connectivity index (χ0) is 15.1. The standard InChI is InChI=1S/C15H22ClN3OS/c1-12-11-13(16)3-4-14(12)20-8-2-5-18-15(17)19-6-9-21-10-7-19/h3-4,11H,2,5-10H2,1H3,(H2,17,18). The lowest BCUT2D eigenvalue weighted by molar-refractivity contribution is 0.311. The van der Waals surface area contributed by atoms with Crippen molar-refractivity contribution in [1.29, 1.82) is 0 Å². The molecule has 1 aromatic carbocycles. The Morgan fingerprint density at radius 1 is 1.43 bits per heavy atom. The summed E-state index contributed by atoms with van der Waals surface area (Å²) in [6, 6.07) is 5.65. The minimum Gasteiger partial charge on any atom is -0.493 e. The predicted octanol–water partition coefficient (Wildman–Crippen LogP) is 2.78. The number of thioether (sulfide) groups is 1. The summed E-state index contributed by atoms with van der Waals surface area (Å²) in [6.07, 6.45) is 0.853. The smallest absolute Gasteiger partial charge is 0.191 e. The summed E-state index contributed by atoms with van der Waals surface area (Å²) in [7, 11) is 0. The van der Waals surface area contributed by atoms with Crippen LogP contribution in [0.4, 0.5) is 0 Å². The van der Waals surface area contributed by atoms with Gasteiger partial charge in [-0.3, -0.25) is 4.99 Å². The molecule has 1 aliphatic heterocycles. The average molecular weight is 328 g/mol. The number of halogens is 1. The third-order valence-corrected chi connectivity index (χ3v) is 4.48. The van der Waals surface area contributed by atoms with Gasteiger partial charge in [-0.25, -0.2) is 0 Å². The van der Waals surface area contributed by atoms with E-state index in [-0.39, 0.29) is 0 Å². The lowest BCUT2D eigenvalue weighted by atomic mass is 10.2. The van der Waals surface area contributed by atoms with E-state index < -0.39 is 0 Å². The van der Waals surface area contributed by atoms with E-state index in [2.05, 4.69) is 9.89 Å². The Hall–Kier alpha value is -1.07. The second kappa shape index (κ2) is 8.39. The Kier molecular flexibility index (Phi) is 6.51. The molecular formula is C15H22ClN3OS. The third-order valence-electron chi connectivity index (χ3n) is 3.31. The van der Waals surface area contributed by atoms with Gasteiger partial charge in [-0.15, -0.1) is 0 Å². The fourth-order valence-electron chi connectivity index (χ4n) is 2.11. The third kappa shape index (κ3) is 5.32. The summed E-state index contributed by atoms with van der Waals surface area (Å²) in [5, 5.41) is 0.733. The number of aliphatic imine (C=N–C) groups is 1. The van der Waals surface area contributed by atoms with Gasteiger partial charge < -0.3 is 15.4 Å². The lowest BCUT2D eigenvalue weighted by Crippen LogP contribution is -2.42. The maximum Gasteiger partial charge on any atom is 0.191 e. The quantitative estimate of drug-likeness (QED) is 0.513. The van der Waals surface area contributed by atoms with Gasteiger partial charge in [0.05, 0.1) is 6.61 Å². The summed E-state index contributed by atoms with van der Waals surface area (Å²) >= 11 is 7.88. The van der Waals surface area contributed by atoms with Gasteiger partial charge in [0.1, 0.15) is 5.75 Å². The number of nitrogens with zero attached hydrogens (tertiary/aromatic N) is 2. The maximum absolute atomic E-state index is 5.99. The number of guanidine groups is 1. The maximum atomic E-state index is 5.99. The number of benzene rings is 1. The van der Waals surface area contributed by atoms with Crippen molar-refractivity contribution in [3.63, 3.8) is 0 Å². The summed E-state index contributed by atoms with van der Waals surface area (Å²) in [4.78, 5) is 6.58. The second-order valence-electron chi connectivity index (χ2n) is 4.95. The van der Waals surface area contributed by atoms with Crippen LogP contribution in [0.1, 0.15) is 12.0 Å². The molecule has 1 aliphatic rings. The van der Waals surface area contributed by atoms with E-state index in [1.54, 1.807) is 0 Å². The number of nitrogens with two attached hydrogens (primary N) is 1. The van der Waals surface area contributed by atoms with Gasteiger partial charge in [0.15, 0.2) is 5.96 Å². The Balaban J connectivity index is 1.69. The average Bonchev–Trinajstić information content (AvgIpc) is 2.49. The molecule has 0 bridgehead atoms. The molecule has 0 amide bonds. The second-order valence-corrected chi connectivity index (χ2v) is 6.61. The normalized spacial score (nSPS) is 16.1. The van der Waals surface area contributed by atoms with Crippen LogP contribution in [0.3, 0.4) is 0 Å². The number of aryl methyl sites for hydroxylation is 1. The van der Waals surface area contributed by atoms with Crippen molar-refractivity contribution in [2.75, 3.05) is 37.7 Å². The SMILES string of the molecule is Cc1cc(Cl)ccc1OCCCN=C(N)N1CCSCC1. The van der Waals surface area contributed by atoms with E-state index >= 15 is 0 Å². The van der Waals surface area contributed by atoms with Crippen molar-refractivity contribution < 1.29 is 4.74 Å². The highest BCUT2D eigenvalue weighted by Crippen LogP contribution is 2.21. The van der Waals surface area contributed by atoms with E-state index in [0.717, 1.165) is 47.4 Å². The van der Waals surface area contributed by atoms with E-state index in [9.17, 15) is 0 Å². The Labute approximate surface area is 135 Å². The molecule has 2 rings (SSSR count). The zero-order valence-electron chi connectivity index (χ0n) is 12.3. The van der Waals surface area contributed by atoms with Crippen LogP contribution >= 0.6 is 23.4 Å². The highest BCUT2D eigenvalue weighted by Gasteiger charge is 2.11. The van der Waals surface area contributed by atoms with Gasteiger partial charge in [0, 0.05) is 42.6 Å². The number of hydrogen-bond donors (Lipinski definition) is 1. The van der Waals surface area contributed by atoms with Gasteiger partial charge in [-0.05, 0) is 30.7 Å². The van der Waals surface area contributed by atoms with Crippen LogP contribution in [-0.4, -0.2) is 48.6 Å². The van der Waals surface area contributed by atoms with Gasteiger partial charge >= 0.3 is 0 Å². The molecule has 116 valence electrons. The molecular weight excluding hydrogens is 306 g/mol. The van der Waals surface area contributed by atoms with Crippen molar-refractivity contribution in [3.05, 3.63) is 28.8 Å². The molecule has 1 heterocycles. The van der Waals surface area contributed by atoms with Gasteiger partial charge in [0.2, 0.25) is 0 Å². The Bertz CT molecular complexity index is 490. The van der Waals surface area contributed by atoms with Crippen LogP contribution < -0.4 is 10.5 Å².